The fourth-order valence-corrected chi connectivity index (χ4v) is 7.79. The van der Waals surface area contributed by atoms with Crippen LogP contribution in [0.4, 0.5) is 0 Å². The van der Waals surface area contributed by atoms with E-state index in [1.807, 2.05) is 0 Å². The molecule has 0 bridgehead atoms. The van der Waals surface area contributed by atoms with Gasteiger partial charge in [-0.25, -0.2) is 4.57 Å². The highest BCUT2D eigenvalue weighted by Crippen LogP contribution is 2.43. The Morgan fingerprint density at radius 1 is 0.484 bits per heavy atom. The Balaban J connectivity index is 4.27. The van der Waals surface area contributed by atoms with Gasteiger partial charge < -0.3 is 25.2 Å². The Hall–Kier alpha value is -2.56. The van der Waals surface area contributed by atoms with Gasteiger partial charge in [-0.15, -0.1) is 0 Å². The molecular formula is C52H94NO10P. The van der Waals surface area contributed by atoms with Crippen LogP contribution in [0.5, 0.6) is 0 Å². The molecule has 0 aromatic rings. The van der Waals surface area contributed by atoms with Crippen LogP contribution in [0, 0.1) is 0 Å². The van der Waals surface area contributed by atoms with Crippen LogP contribution in [-0.2, 0) is 37.5 Å². The first kappa shape index (κ1) is 61.4. The second-order valence-electron chi connectivity index (χ2n) is 17.3. The van der Waals surface area contributed by atoms with E-state index in [0.717, 1.165) is 70.6 Å². The Kier molecular flexibility index (Phi) is 45.1. The molecule has 0 aliphatic heterocycles. The summed E-state index contributed by atoms with van der Waals surface area (Å²) < 4.78 is 32.8. The van der Waals surface area contributed by atoms with Crippen LogP contribution in [0.25, 0.3) is 0 Å². The third-order valence-electron chi connectivity index (χ3n) is 11.0. The minimum atomic E-state index is -4.73. The molecule has 0 rings (SSSR count). The average molecular weight is 924 g/mol. The highest BCUT2D eigenvalue weighted by Gasteiger charge is 2.28. The largest absolute Gasteiger partial charge is 0.480 e. The Labute approximate surface area is 390 Å². The van der Waals surface area contributed by atoms with E-state index in [1.54, 1.807) is 0 Å². The maximum absolute atomic E-state index is 12.7. The first-order valence-corrected chi connectivity index (χ1v) is 27.2. The zero-order chi connectivity index (χ0) is 47.0. The van der Waals surface area contributed by atoms with E-state index in [0.29, 0.717) is 12.8 Å². The van der Waals surface area contributed by atoms with Gasteiger partial charge >= 0.3 is 25.7 Å². The van der Waals surface area contributed by atoms with E-state index < -0.39 is 51.1 Å². The van der Waals surface area contributed by atoms with Crippen LogP contribution in [0.15, 0.2) is 48.6 Å². The first-order chi connectivity index (χ1) is 31.1. The van der Waals surface area contributed by atoms with Gasteiger partial charge in [-0.2, -0.15) is 0 Å². The molecule has 3 unspecified atom stereocenters. The summed E-state index contributed by atoms with van der Waals surface area (Å²) in [7, 11) is -4.73. The molecule has 0 radical (unpaired) electrons. The van der Waals surface area contributed by atoms with Crippen molar-refractivity contribution in [1.29, 1.82) is 0 Å². The molecule has 12 heteroatoms. The first-order valence-electron chi connectivity index (χ1n) is 25.7. The van der Waals surface area contributed by atoms with E-state index in [4.69, 9.17) is 24.8 Å². The van der Waals surface area contributed by atoms with Gasteiger partial charge in [0.25, 0.3) is 0 Å². The Morgan fingerprint density at radius 2 is 0.828 bits per heavy atom. The number of carboxylic acid groups (broad SMARTS) is 1. The molecule has 64 heavy (non-hydrogen) atoms. The topological polar surface area (TPSA) is 172 Å². The number of carbonyl (C=O) groups excluding carboxylic acids is 2. The summed E-state index contributed by atoms with van der Waals surface area (Å²) in [4.78, 5) is 46.2. The SMILES string of the molecule is CCCCC/C=C\C/C=C\C/C=C\CCCCCCCCC(=O)OC(COC(=O)CCCCCCCCCCC/C=C\CCCCCCCCCC)COP(=O)(O)OCC(N)C(=O)O. The maximum atomic E-state index is 12.7. The van der Waals surface area contributed by atoms with Crippen molar-refractivity contribution in [2.45, 2.75) is 244 Å². The molecule has 11 nitrogen and oxygen atoms in total. The summed E-state index contributed by atoms with van der Waals surface area (Å²) >= 11 is 0. The number of aliphatic carboxylic acids is 1. The standard InChI is InChI=1S/C52H94NO10P/c1-3-5-7-9-11-13-15-17-19-21-23-24-26-27-29-31-33-35-37-39-41-43-50(54)60-45-48(46-61-64(58,59)62-47-49(53)52(56)57)63-51(55)44-42-40-38-36-34-32-30-28-25-22-20-18-16-14-12-10-8-6-4-2/h12,14,18,20-21,23,25,28,48-49H,3-11,13,15-17,19,22,24,26-27,29-47,53H2,1-2H3,(H,56,57)(H,58,59)/b14-12-,20-18-,23-21-,28-25-. The summed E-state index contributed by atoms with van der Waals surface area (Å²) in [6.07, 6.45) is 54.5. The van der Waals surface area contributed by atoms with E-state index in [9.17, 15) is 23.8 Å². The number of phosphoric acid groups is 1. The molecule has 0 amide bonds. The van der Waals surface area contributed by atoms with Gasteiger partial charge in [0.1, 0.15) is 12.6 Å². The summed E-state index contributed by atoms with van der Waals surface area (Å²) in [5.41, 5.74) is 5.35. The summed E-state index contributed by atoms with van der Waals surface area (Å²) in [5.74, 6) is -2.39. The molecular weight excluding hydrogens is 830 g/mol. The zero-order valence-corrected chi connectivity index (χ0v) is 41.5. The predicted octanol–water partition coefficient (Wildman–Crippen LogP) is 14.5. The molecule has 0 saturated heterocycles. The normalized spacial score (nSPS) is 13.9. The number of phosphoric ester groups is 1. The van der Waals surface area contributed by atoms with Crippen LogP contribution in [0.1, 0.15) is 232 Å². The number of nitrogens with two attached hydrogens (primary N) is 1. The molecule has 0 fully saturated rings. The van der Waals surface area contributed by atoms with Crippen LogP contribution < -0.4 is 5.73 Å². The average Bonchev–Trinajstić information content (AvgIpc) is 3.27. The van der Waals surface area contributed by atoms with Gasteiger partial charge in [0.2, 0.25) is 0 Å². The Morgan fingerprint density at radius 3 is 1.28 bits per heavy atom. The lowest BCUT2D eigenvalue weighted by atomic mass is 10.1. The van der Waals surface area contributed by atoms with Gasteiger partial charge in [-0.1, -0.05) is 191 Å². The second kappa shape index (κ2) is 47.0. The van der Waals surface area contributed by atoms with Crippen LogP contribution in [0.3, 0.4) is 0 Å². The number of hydrogen-bond acceptors (Lipinski definition) is 9. The number of carbonyl (C=O) groups is 3. The van der Waals surface area contributed by atoms with Crippen LogP contribution in [-0.4, -0.2) is 59.9 Å². The quantitative estimate of drug-likeness (QED) is 0.0229. The van der Waals surface area contributed by atoms with Crippen molar-refractivity contribution in [1.82, 2.24) is 0 Å². The number of rotatable bonds is 48. The molecule has 0 aliphatic carbocycles. The maximum Gasteiger partial charge on any atom is 0.472 e. The number of allylic oxidation sites excluding steroid dienone is 8. The monoisotopic (exact) mass is 924 g/mol. The van der Waals surface area contributed by atoms with E-state index in [1.165, 1.54) is 122 Å². The smallest absolute Gasteiger partial charge is 0.472 e. The molecule has 0 heterocycles. The number of esters is 2. The minimum Gasteiger partial charge on any atom is -0.480 e. The molecule has 0 spiro atoms. The van der Waals surface area contributed by atoms with Crippen molar-refractivity contribution in [3.8, 4) is 0 Å². The zero-order valence-electron chi connectivity index (χ0n) is 40.6. The Bertz CT molecular complexity index is 1270. The number of hydrogen-bond donors (Lipinski definition) is 3. The summed E-state index contributed by atoms with van der Waals surface area (Å²) in [6.45, 7) is 2.79. The van der Waals surface area contributed by atoms with Crippen molar-refractivity contribution < 1.29 is 47.5 Å². The summed E-state index contributed by atoms with van der Waals surface area (Å²) in [5, 5.41) is 8.92. The lowest BCUT2D eigenvalue weighted by Gasteiger charge is -2.20. The summed E-state index contributed by atoms with van der Waals surface area (Å²) in [6, 6.07) is -1.53. The van der Waals surface area contributed by atoms with Crippen molar-refractivity contribution in [3.63, 3.8) is 0 Å². The fourth-order valence-electron chi connectivity index (χ4n) is 7.01. The van der Waals surface area contributed by atoms with E-state index in [-0.39, 0.29) is 19.4 Å². The van der Waals surface area contributed by atoms with Crippen molar-refractivity contribution in [3.05, 3.63) is 48.6 Å². The van der Waals surface area contributed by atoms with Gasteiger partial charge in [-0.3, -0.25) is 23.4 Å². The molecule has 3 atom stereocenters. The van der Waals surface area contributed by atoms with Crippen LogP contribution >= 0.6 is 7.82 Å². The van der Waals surface area contributed by atoms with Crippen LogP contribution in [0.2, 0.25) is 0 Å². The van der Waals surface area contributed by atoms with Crippen molar-refractivity contribution >= 4 is 25.7 Å². The lowest BCUT2D eigenvalue weighted by molar-refractivity contribution is -0.161. The fraction of sp³-hybridized carbons (Fsp3) is 0.788. The van der Waals surface area contributed by atoms with Gasteiger partial charge in [0.05, 0.1) is 13.2 Å². The van der Waals surface area contributed by atoms with Crippen molar-refractivity contribution in [2.75, 3.05) is 19.8 Å². The van der Waals surface area contributed by atoms with Gasteiger partial charge in [0.15, 0.2) is 6.10 Å². The molecule has 4 N–H and O–H groups in total. The second-order valence-corrected chi connectivity index (χ2v) is 18.8. The predicted molar refractivity (Wildman–Crippen MR) is 263 cm³/mol. The number of carboxylic acids is 1. The highest BCUT2D eigenvalue weighted by molar-refractivity contribution is 7.47. The van der Waals surface area contributed by atoms with Gasteiger partial charge in [-0.05, 0) is 77.0 Å². The third-order valence-corrected chi connectivity index (χ3v) is 12.0. The molecule has 0 aliphatic rings. The third kappa shape index (κ3) is 46.0. The molecule has 0 aromatic carbocycles. The van der Waals surface area contributed by atoms with Crippen molar-refractivity contribution in [2.24, 2.45) is 5.73 Å². The lowest BCUT2D eigenvalue weighted by Crippen LogP contribution is -2.34. The van der Waals surface area contributed by atoms with E-state index >= 15 is 0 Å². The number of unbranched alkanes of at least 4 members (excludes halogenated alkanes) is 26. The van der Waals surface area contributed by atoms with E-state index in [2.05, 4.69) is 67.0 Å². The number of ether oxygens (including phenoxy) is 2. The minimum absolute atomic E-state index is 0.146. The highest BCUT2D eigenvalue weighted by atomic mass is 31.2. The van der Waals surface area contributed by atoms with Gasteiger partial charge in [0, 0.05) is 12.8 Å². The molecule has 0 aromatic heterocycles. The molecule has 0 saturated carbocycles. The molecule has 372 valence electrons.